The van der Waals surface area contributed by atoms with Gasteiger partial charge >= 0.3 is 5.97 Å². The van der Waals surface area contributed by atoms with E-state index in [0.29, 0.717) is 6.61 Å². The van der Waals surface area contributed by atoms with Gasteiger partial charge in [0.1, 0.15) is 5.56 Å². The van der Waals surface area contributed by atoms with Crippen molar-refractivity contribution in [3.8, 4) is 5.88 Å². The summed E-state index contributed by atoms with van der Waals surface area (Å²) in [5.74, 6) is -1.18. The Hall–Kier alpha value is -2.89. The number of carboxylic acid groups (broad SMARTS) is 1. The summed E-state index contributed by atoms with van der Waals surface area (Å²) in [7, 11) is 0. The average Bonchev–Trinajstić information content (AvgIpc) is 2.55. The SMILES string of the molecule is CCOc1ncccc1C(=O)N[C@H](CC(=O)O)c1ccccc1. The normalized spacial score (nSPS) is 11.5. The van der Waals surface area contributed by atoms with Gasteiger partial charge in [-0.2, -0.15) is 0 Å². The number of carbonyl (C=O) groups excluding carboxylic acids is 1. The second kappa shape index (κ2) is 7.93. The number of benzene rings is 1. The lowest BCUT2D eigenvalue weighted by atomic mass is 10.0. The molecule has 0 unspecified atom stereocenters. The Balaban J connectivity index is 2.22. The molecule has 0 radical (unpaired) electrons. The Labute approximate surface area is 134 Å². The third-order valence-corrected chi connectivity index (χ3v) is 3.18. The van der Waals surface area contributed by atoms with Crippen molar-refractivity contribution in [3.05, 3.63) is 59.8 Å². The number of aromatic nitrogens is 1. The second-order valence-electron chi connectivity index (χ2n) is 4.82. The quantitative estimate of drug-likeness (QED) is 0.819. The molecule has 0 spiro atoms. The van der Waals surface area contributed by atoms with Crippen LogP contribution in [0, 0.1) is 0 Å². The summed E-state index contributed by atoms with van der Waals surface area (Å²) in [6, 6.07) is 11.6. The average molecular weight is 314 g/mol. The first-order chi connectivity index (χ1) is 11.1. The molecular formula is C17H18N2O4. The maximum atomic E-state index is 12.5. The van der Waals surface area contributed by atoms with E-state index in [1.165, 1.54) is 6.20 Å². The van der Waals surface area contributed by atoms with E-state index in [4.69, 9.17) is 9.84 Å². The molecule has 2 aromatic rings. The highest BCUT2D eigenvalue weighted by Crippen LogP contribution is 2.20. The molecule has 0 saturated carbocycles. The summed E-state index contributed by atoms with van der Waals surface area (Å²) in [4.78, 5) is 27.6. The summed E-state index contributed by atoms with van der Waals surface area (Å²) in [5.41, 5.74) is 1.01. The molecule has 1 aromatic carbocycles. The van der Waals surface area contributed by atoms with E-state index in [-0.39, 0.29) is 17.9 Å². The number of nitrogens with zero attached hydrogens (tertiary/aromatic N) is 1. The zero-order valence-corrected chi connectivity index (χ0v) is 12.7. The van der Waals surface area contributed by atoms with Crippen LogP contribution in [0.25, 0.3) is 0 Å². The van der Waals surface area contributed by atoms with Gasteiger partial charge in [0.15, 0.2) is 0 Å². The zero-order chi connectivity index (χ0) is 16.7. The first-order valence-electron chi connectivity index (χ1n) is 7.27. The number of rotatable bonds is 7. The molecule has 23 heavy (non-hydrogen) atoms. The van der Waals surface area contributed by atoms with Crippen LogP contribution in [-0.2, 0) is 4.79 Å². The highest BCUT2D eigenvalue weighted by Gasteiger charge is 2.21. The number of hydrogen-bond acceptors (Lipinski definition) is 4. The molecule has 6 heteroatoms. The number of ether oxygens (including phenoxy) is 1. The molecule has 0 fully saturated rings. The Morgan fingerprint density at radius 1 is 1.22 bits per heavy atom. The maximum Gasteiger partial charge on any atom is 0.305 e. The molecule has 0 aliphatic heterocycles. The molecule has 2 rings (SSSR count). The van der Waals surface area contributed by atoms with Crippen LogP contribution in [-0.4, -0.2) is 28.6 Å². The van der Waals surface area contributed by atoms with E-state index in [1.54, 1.807) is 43.3 Å². The minimum Gasteiger partial charge on any atom is -0.481 e. The van der Waals surface area contributed by atoms with Crippen molar-refractivity contribution in [2.75, 3.05) is 6.61 Å². The van der Waals surface area contributed by atoms with Crippen molar-refractivity contribution in [3.63, 3.8) is 0 Å². The first kappa shape index (κ1) is 16.5. The zero-order valence-electron chi connectivity index (χ0n) is 12.7. The van der Waals surface area contributed by atoms with Gasteiger partial charge in [-0.25, -0.2) is 4.98 Å². The van der Waals surface area contributed by atoms with Gasteiger partial charge in [-0.1, -0.05) is 30.3 Å². The number of aliphatic carboxylic acids is 1. The van der Waals surface area contributed by atoms with Crippen molar-refractivity contribution in [1.82, 2.24) is 10.3 Å². The fraction of sp³-hybridized carbons (Fsp3) is 0.235. The third-order valence-electron chi connectivity index (χ3n) is 3.18. The third kappa shape index (κ3) is 4.54. The molecule has 120 valence electrons. The van der Waals surface area contributed by atoms with Gasteiger partial charge in [-0.05, 0) is 24.6 Å². The summed E-state index contributed by atoms with van der Waals surface area (Å²) < 4.78 is 5.34. The minimum atomic E-state index is -0.990. The van der Waals surface area contributed by atoms with Gasteiger partial charge in [0, 0.05) is 6.20 Å². The van der Waals surface area contributed by atoms with E-state index < -0.39 is 17.9 Å². The molecule has 6 nitrogen and oxygen atoms in total. The van der Waals surface area contributed by atoms with Crippen molar-refractivity contribution in [2.45, 2.75) is 19.4 Å². The van der Waals surface area contributed by atoms with E-state index in [0.717, 1.165) is 5.56 Å². The summed E-state index contributed by atoms with van der Waals surface area (Å²) in [6.45, 7) is 2.18. The van der Waals surface area contributed by atoms with Gasteiger partial charge in [0.05, 0.1) is 19.1 Å². The molecule has 0 aliphatic rings. The standard InChI is InChI=1S/C17H18N2O4/c1-2-23-17-13(9-6-10-18-17)16(22)19-14(11-15(20)21)12-7-4-3-5-8-12/h3-10,14H,2,11H2,1H3,(H,19,22)(H,20,21)/t14-/m1/s1. The number of carbonyl (C=O) groups is 2. The summed E-state index contributed by atoms with van der Waals surface area (Å²) in [5, 5.41) is 11.8. The molecule has 2 N–H and O–H groups in total. The van der Waals surface area contributed by atoms with Crippen LogP contribution in [0.2, 0.25) is 0 Å². The van der Waals surface area contributed by atoms with Gasteiger partial charge < -0.3 is 15.2 Å². The van der Waals surface area contributed by atoms with E-state index in [9.17, 15) is 9.59 Å². The number of hydrogen-bond donors (Lipinski definition) is 2. The maximum absolute atomic E-state index is 12.5. The Morgan fingerprint density at radius 3 is 2.61 bits per heavy atom. The predicted molar refractivity (Wildman–Crippen MR) is 84.3 cm³/mol. The molecule has 1 aromatic heterocycles. The molecule has 1 atom stereocenters. The number of amides is 1. The molecule has 0 aliphatic carbocycles. The van der Waals surface area contributed by atoms with Crippen LogP contribution in [0.4, 0.5) is 0 Å². The lowest BCUT2D eigenvalue weighted by Crippen LogP contribution is -2.30. The molecular weight excluding hydrogens is 296 g/mol. The number of nitrogens with one attached hydrogen (secondary N) is 1. The molecule has 1 amide bonds. The van der Waals surface area contributed by atoms with Crippen molar-refractivity contribution < 1.29 is 19.4 Å². The smallest absolute Gasteiger partial charge is 0.305 e. The number of pyridine rings is 1. The van der Waals surface area contributed by atoms with Gasteiger partial charge in [-0.3, -0.25) is 9.59 Å². The second-order valence-corrected chi connectivity index (χ2v) is 4.82. The summed E-state index contributed by atoms with van der Waals surface area (Å²) >= 11 is 0. The Morgan fingerprint density at radius 2 is 1.96 bits per heavy atom. The fourth-order valence-electron chi connectivity index (χ4n) is 2.16. The van der Waals surface area contributed by atoms with Gasteiger partial charge in [-0.15, -0.1) is 0 Å². The van der Waals surface area contributed by atoms with Crippen LogP contribution in [0.1, 0.15) is 35.3 Å². The van der Waals surface area contributed by atoms with Crippen LogP contribution in [0.15, 0.2) is 48.7 Å². The van der Waals surface area contributed by atoms with E-state index in [2.05, 4.69) is 10.3 Å². The van der Waals surface area contributed by atoms with Crippen molar-refractivity contribution in [2.24, 2.45) is 0 Å². The van der Waals surface area contributed by atoms with E-state index >= 15 is 0 Å². The lowest BCUT2D eigenvalue weighted by Gasteiger charge is -2.18. The first-order valence-corrected chi connectivity index (χ1v) is 7.27. The Bertz CT molecular complexity index is 673. The molecule has 1 heterocycles. The molecule has 0 saturated heterocycles. The van der Waals surface area contributed by atoms with Gasteiger partial charge in [0.2, 0.25) is 5.88 Å². The minimum absolute atomic E-state index is 0.208. The largest absolute Gasteiger partial charge is 0.481 e. The fourth-order valence-corrected chi connectivity index (χ4v) is 2.16. The van der Waals surface area contributed by atoms with Crippen LogP contribution < -0.4 is 10.1 Å². The number of carboxylic acids is 1. The Kier molecular flexibility index (Phi) is 5.68. The predicted octanol–water partition coefficient (Wildman–Crippen LogP) is 2.43. The van der Waals surface area contributed by atoms with Gasteiger partial charge in [0.25, 0.3) is 5.91 Å². The van der Waals surface area contributed by atoms with Crippen LogP contribution in [0.3, 0.4) is 0 Å². The molecule has 0 bridgehead atoms. The van der Waals surface area contributed by atoms with E-state index in [1.807, 2.05) is 6.07 Å². The monoisotopic (exact) mass is 314 g/mol. The van der Waals surface area contributed by atoms with Crippen LogP contribution in [0.5, 0.6) is 5.88 Å². The summed E-state index contributed by atoms with van der Waals surface area (Å²) in [6.07, 6.45) is 1.33. The highest BCUT2D eigenvalue weighted by molar-refractivity contribution is 5.96. The van der Waals surface area contributed by atoms with Crippen molar-refractivity contribution in [1.29, 1.82) is 0 Å². The highest BCUT2D eigenvalue weighted by atomic mass is 16.5. The topological polar surface area (TPSA) is 88.5 Å². The van der Waals surface area contributed by atoms with Crippen LogP contribution >= 0.6 is 0 Å². The lowest BCUT2D eigenvalue weighted by molar-refractivity contribution is -0.137. The van der Waals surface area contributed by atoms with Crippen molar-refractivity contribution >= 4 is 11.9 Å².